The van der Waals surface area contributed by atoms with E-state index in [1.807, 2.05) is 9.80 Å². The number of nitrogens with one attached hydrogen (secondary N) is 1. The summed E-state index contributed by atoms with van der Waals surface area (Å²) in [6.45, 7) is 4.56. The van der Waals surface area contributed by atoms with E-state index in [0.717, 1.165) is 5.56 Å². The van der Waals surface area contributed by atoms with Gasteiger partial charge >= 0.3 is 0 Å². The molecule has 0 radical (unpaired) electrons. The van der Waals surface area contributed by atoms with Gasteiger partial charge in [0.15, 0.2) is 10.9 Å². The number of thiocarbonyl (C=S) groups is 1. The summed E-state index contributed by atoms with van der Waals surface area (Å²) in [7, 11) is 0. The van der Waals surface area contributed by atoms with Gasteiger partial charge in [0.05, 0.1) is 5.69 Å². The molecule has 0 aromatic heterocycles. The van der Waals surface area contributed by atoms with E-state index in [-0.39, 0.29) is 17.4 Å². The van der Waals surface area contributed by atoms with Gasteiger partial charge in [-0.3, -0.25) is 4.79 Å². The fourth-order valence-corrected chi connectivity index (χ4v) is 3.28. The van der Waals surface area contributed by atoms with Gasteiger partial charge in [-0.05, 0) is 55.0 Å². The molecule has 4 nitrogen and oxygen atoms in total. The lowest BCUT2D eigenvalue weighted by molar-refractivity contribution is 0.101. The Labute approximate surface area is 162 Å². The Kier molecular flexibility index (Phi) is 6.01. The van der Waals surface area contributed by atoms with Crippen LogP contribution in [0.3, 0.4) is 0 Å². The first kappa shape index (κ1) is 19.2. The number of anilines is 1. The summed E-state index contributed by atoms with van der Waals surface area (Å²) in [4.78, 5) is 15.4. The molecule has 0 bridgehead atoms. The third-order valence-corrected chi connectivity index (χ3v) is 5.02. The van der Waals surface area contributed by atoms with E-state index in [9.17, 15) is 13.6 Å². The number of carbonyl (C=O) groups excluding carboxylic acids is 1. The van der Waals surface area contributed by atoms with E-state index < -0.39 is 0 Å². The van der Waals surface area contributed by atoms with Crippen LogP contribution >= 0.6 is 12.2 Å². The van der Waals surface area contributed by atoms with Crippen LogP contribution in [0.4, 0.5) is 14.5 Å². The molecular formula is C20H21F2N3OS. The van der Waals surface area contributed by atoms with E-state index >= 15 is 0 Å². The van der Waals surface area contributed by atoms with Crippen LogP contribution in [0.15, 0.2) is 42.5 Å². The average molecular weight is 389 g/mol. The van der Waals surface area contributed by atoms with Crippen molar-refractivity contribution in [2.45, 2.75) is 13.5 Å². The van der Waals surface area contributed by atoms with E-state index in [1.165, 1.54) is 25.1 Å². The van der Waals surface area contributed by atoms with Gasteiger partial charge in [0.2, 0.25) is 0 Å². The van der Waals surface area contributed by atoms with Gasteiger partial charge in [-0.2, -0.15) is 0 Å². The molecule has 0 spiro atoms. The Bertz CT molecular complexity index is 834. The Morgan fingerprint density at radius 3 is 2.33 bits per heavy atom. The predicted octanol–water partition coefficient (Wildman–Crippen LogP) is 3.36. The van der Waals surface area contributed by atoms with Crippen molar-refractivity contribution in [3.8, 4) is 0 Å². The smallest absolute Gasteiger partial charge is 0.169 e. The average Bonchev–Trinajstić information content (AvgIpc) is 2.67. The zero-order chi connectivity index (χ0) is 19.4. The molecule has 1 aliphatic heterocycles. The van der Waals surface area contributed by atoms with Gasteiger partial charge in [-0.1, -0.05) is 12.1 Å². The number of ketones is 1. The topological polar surface area (TPSA) is 35.6 Å². The predicted molar refractivity (Wildman–Crippen MR) is 106 cm³/mol. The molecule has 1 saturated heterocycles. The van der Waals surface area contributed by atoms with Crippen LogP contribution in [0.25, 0.3) is 0 Å². The molecule has 7 heteroatoms. The minimum Gasteiger partial charge on any atom is -0.366 e. The molecule has 2 aromatic rings. The zero-order valence-electron chi connectivity index (χ0n) is 15.0. The summed E-state index contributed by atoms with van der Waals surface area (Å²) in [5, 5.41) is 3.81. The van der Waals surface area contributed by atoms with Crippen molar-refractivity contribution in [1.29, 1.82) is 0 Å². The highest BCUT2D eigenvalue weighted by atomic mass is 32.1. The van der Waals surface area contributed by atoms with Gasteiger partial charge < -0.3 is 15.1 Å². The highest BCUT2D eigenvalue weighted by Gasteiger charge is 2.21. The molecule has 3 rings (SSSR count). The van der Waals surface area contributed by atoms with Crippen LogP contribution in [-0.2, 0) is 6.54 Å². The van der Waals surface area contributed by atoms with Crippen molar-refractivity contribution < 1.29 is 13.6 Å². The molecule has 27 heavy (non-hydrogen) atoms. The summed E-state index contributed by atoms with van der Waals surface area (Å²) < 4.78 is 27.3. The van der Waals surface area contributed by atoms with E-state index in [1.54, 1.807) is 24.3 Å². The van der Waals surface area contributed by atoms with Gasteiger partial charge in [-0.15, -0.1) is 0 Å². The number of carbonyl (C=O) groups is 1. The minimum absolute atomic E-state index is 0.150. The first-order valence-corrected chi connectivity index (χ1v) is 9.17. The van der Waals surface area contributed by atoms with Gasteiger partial charge in [0.25, 0.3) is 0 Å². The van der Waals surface area contributed by atoms with Gasteiger partial charge in [0.1, 0.15) is 11.6 Å². The highest BCUT2D eigenvalue weighted by molar-refractivity contribution is 7.80. The summed E-state index contributed by atoms with van der Waals surface area (Å²) in [5.41, 5.74) is 1.83. The van der Waals surface area contributed by atoms with Crippen LogP contribution in [0.5, 0.6) is 0 Å². The lowest BCUT2D eigenvalue weighted by atomic mass is 10.1. The summed E-state index contributed by atoms with van der Waals surface area (Å²) in [5.74, 6) is -0.794. The molecule has 0 saturated carbocycles. The second kappa shape index (κ2) is 8.43. The maximum absolute atomic E-state index is 14.3. The summed E-state index contributed by atoms with van der Waals surface area (Å²) in [6.07, 6.45) is 0. The van der Waals surface area contributed by atoms with E-state index in [4.69, 9.17) is 12.2 Å². The number of halogens is 2. The maximum Gasteiger partial charge on any atom is 0.169 e. The number of benzene rings is 2. The van der Waals surface area contributed by atoms with Crippen molar-refractivity contribution in [3.63, 3.8) is 0 Å². The standard InChI is InChI=1S/C20H21F2N3OS/c1-14(26)16-4-7-19(18(22)12-16)24-8-10-25(11-9-24)20(27)23-13-15-2-5-17(21)6-3-15/h2-7,12H,8-11,13H2,1H3,(H,23,27). The third-order valence-electron chi connectivity index (χ3n) is 4.62. The number of rotatable bonds is 4. The summed E-state index contributed by atoms with van der Waals surface area (Å²) in [6, 6.07) is 10.9. The lowest BCUT2D eigenvalue weighted by Gasteiger charge is -2.37. The van der Waals surface area contributed by atoms with Crippen LogP contribution in [0.2, 0.25) is 0 Å². The number of Topliss-reactive ketones (excluding diaryl/α,β-unsaturated/α-hetero) is 1. The third kappa shape index (κ3) is 4.80. The molecule has 1 N–H and O–H groups in total. The molecule has 142 valence electrons. The Balaban J connectivity index is 1.53. The molecule has 1 heterocycles. The lowest BCUT2D eigenvalue weighted by Crippen LogP contribution is -2.51. The molecule has 0 unspecified atom stereocenters. The second-order valence-electron chi connectivity index (χ2n) is 6.48. The van der Waals surface area contributed by atoms with Crippen molar-refractivity contribution in [3.05, 3.63) is 65.2 Å². The number of hydrogen-bond acceptors (Lipinski definition) is 3. The number of hydrogen-bond donors (Lipinski definition) is 1. The number of nitrogens with zero attached hydrogens (tertiary/aromatic N) is 2. The minimum atomic E-state index is -0.381. The van der Waals surface area contributed by atoms with Crippen LogP contribution in [-0.4, -0.2) is 42.0 Å². The fourth-order valence-electron chi connectivity index (χ4n) is 3.02. The van der Waals surface area contributed by atoms with Crippen molar-refractivity contribution >= 4 is 28.8 Å². The first-order chi connectivity index (χ1) is 12.9. The van der Waals surface area contributed by atoms with Crippen molar-refractivity contribution in [2.24, 2.45) is 0 Å². The molecule has 1 aliphatic rings. The van der Waals surface area contributed by atoms with Crippen molar-refractivity contribution in [2.75, 3.05) is 31.1 Å². The fraction of sp³-hybridized carbons (Fsp3) is 0.300. The Morgan fingerprint density at radius 1 is 1.07 bits per heavy atom. The van der Waals surface area contributed by atoms with Crippen molar-refractivity contribution in [1.82, 2.24) is 10.2 Å². The van der Waals surface area contributed by atoms with Gasteiger partial charge in [0, 0.05) is 38.3 Å². The quantitative estimate of drug-likeness (QED) is 0.641. The summed E-state index contributed by atoms with van der Waals surface area (Å²) >= 11 is 5.44. The molecule has 0 aliphatic carbocycles. The highest BCUT2D eigenvalue weighted by Crippen LogP contribution is 2.22. The SMILES string of the molecule is CC(=O)c1ccc(N2CCN(C(=S)NCc3ccc(F)cc3)CC2)c(F)c1. The number of piperazine rings is 1. The first-order valence-electron chi connectivity index (χ1n) is 8.76. The van der Waals surface area contributed by atoms with Gasteiger partial charge in [-0.25, -0.2) is 8.78 Å². The Hall–Kier alpha value is -2.54. The maximum atomic E-state index is 14.3. The van der Waals surface area contributed by atoms with E-state index in [0.29, 0.717) is 49.1 Å². The molecule has 0 atom stereocenters. The molecule has 0 amide bonds. The largest absolute Gasteiger partial charge is 0.366 e. The monoisotopic (exact) mass is 389 g/mol. The molecular weight excluding hydrogens is 368 g/mol. The van der Waals surface area contributed by atoms with Crippen LogP contribution in [0, 0.1) is 11.6 Å². The normalized spacial score (nSPS) is 14.2. The second-order valence-corrected chi connectivity index (χ2v) is 6.87. The van der Waals surface area contributed by atoms with Crippen LogP contribution in [0.1, 0.15) is 22.8 Å². The van der Waals surface area contributed by atoms with Crippen LogP contribution < -0.4 is 10.2 Å². The molecule has 1 fully saturated rings. The van der Waals surface area contributed by atoms with E-state index in [2.05, 4.69) is 5.32 Å². The Morgan fingerprint density at radius 2 is 1.74 bits per heavy atom. The molecule has 2 aromatic carbocycles. The zero-order valence-corrected chi connectivity index (χ0v) is 15.9.